The molecule has 0 radical (unpaired) electrons. The quantitative estimate of drug-likeness (QED) is 0.238. The minimum Gasteiger partial charge on any atom is -0.480 e. The summed E-state index contributed by atoms with van der Waals surface area (Å²) in [5, 5.41) is 14.2. The van der Waals surface area contributed by atoms with Crippen molar-refractivity contribution in [1.82, 2.24) is 15.5 Å². The van der Waals surface area contributed by atoms with Crippen molar-refractivity contribution in [3.05, 3.63) is 0 Å². The van der Waals surface area contributed by atoms with Crippen molar-refractivity contribution in [1.29, 1.82) is 0 Å². The third-order valence-corrected chi connectivity index (χ3v) is 5.48. The fourth-order valence-electron chi connectivity index (χ4n) is 3.12. The summed E-state index contributed by atoms with van der Waals surface area (Å²) in [5.41, 5.74) is 11.0. The zero-order chi connectivity index (χ0) is 22.8. The molecule has 4 atom stereocenters. The van der Waals surface area contributed by atoms with Crippen LogP contribution in [0.4, 0.5) is 0 Å². The van der Waals surface area contributed by atoms with Crippen LogP contribution in [-0.4, -0.2) is 82.3 Å². The summed E-state index contributed by atoms with van der Waals surface area (Å²) >= 11 is 1.53. The molecule has 0 bridgehead atoms. The average molecular weight is 446 g/mol. The minimum atomic E-state index is -1.10. The Balaban J connectivity index is 2.77. The number of aliphatic carboxylic acids is 1. The highest BCUT2D eigenvalue weighted by atomic mass is 32.2. The molecule has 0 aromatic heterocycles. The summed E-state index contributed by atoms with van der Waals surface area (Å²) in [6.07, 6.45) is 3.01. The lowest BCUT2D eigenvalue weighted by atomic mass is 10.1. The Morgan fingerprint density at radius 2 is 1.83 bits per heavy atom. The Bertz CT molecular complexity index is 661. The Labute approximate surface area is 179 Å². The molecule has 1 aliphatic rings. The number of nitrogens with zero attached hydrogens (tertiary/aromatic N) is 1. The monoisotopic (exact) mass is 445 g/mol. The molecule has 170 valence electrons. The number of carboxylic acids is 1. The van der Waals surface area contributed by atoms with E-state index in [1.165, 1.54) is 23.6 Å². The molecule has 0 saturated carbocycles. The van der Waals surface area contributed by atoms with E-state index in [9.17, 15) is 29.1 Å². The molecule has 0 aromatic carbocycles. The zero-order valence-corrected chi connectivity index (χ0v) is 18.1. The van der Waals surface area contributed by atoms with Crippen molar-refractivity contribution < 1.29 is 29.1 Å². The van der Waals surface area contributed by atoms with Crippen molar-refractivity contribution in [2.45, 2.75) is 63.2 Å². The molecular formula is C18H31N5O6S. The van der Waals surface area contributed by atoms with Crippen LogP contribution in [0.3, 0.4) is 0 Å². The van der Waals surface area contributed by atoms with Crippen LogP contribution in [0.1, 0.15) is 39.0 Å². The summed E-state index contributed by atoms with van der Waals surface area (Å²) in [4.78, 5) is 61.2. The lowest BCUT2D eigenvalue weighted by Crippen LogP contribution is -2.56. The van der Waals surface area contributed by atoms with Crippen LogP contribution in [0.25, 0.3) is 0 Å². The van der Waals surface area contributed by atoms with Gasteiger partial charge < -0.3 is 32.1 Å². The standard InChI is InChI=1S/C18H31N5O6S/c1-10(17(27)23-8-3-4-13(23)18(28)29)21-16(26)12(5-6-14(20)24)22-15(25)11(19)7-9-30-2/h10-13H,3-9,19H2,1-2H3,(H2,20,24)(H,21,26)(H,22,25)(H,28,29). The normalized spacial score (nSPS) is 18.9. The van der Waals surface area contributed by atoms with Gasteiger partial charge in [-0.05, 0) is 44.6 Å². The molecule has 12 heteroatoms. The summed E-state index contributed by atoms with van der Waals surface area (Å²) in [7, 11) is 0. The average Bonchev–Trinajstić information content (AvgIpc) is 3.18. The molecule has 7 N–H and O–H groups in total. The molecule has 0 aromatic rings. The van der Waals surface area contributed by atoms with Crippen molar-refractivity contribution >= 4 is 41.4 Å². The van der Waals surface area contributed by atoms with Gasteiger partial charge in [-0.15, -0.1) is 0 Å². The minimum absolute atomic E-state index is 0.0511. The number of nitrogens with one attached hydrogen (secondary N) is 2. The molecule has 1 heterocycles. The molecule has 11 nitrogen and oxygen atoms in total. The number of rotatable bonds is 12. The molecule has 0 aliphatic carbocycles. The molecule has 1 fully saturated rings. The van der Waals surface area contributed by atoms with Crippen molar-refractivity contribution in [2.75, 3.05) is 18.6 Å². The second kappa shape index (κ2) is 12.4. The molecule has 1 saturated heterocycles. The van der Waals surface area contributed by atoms with E-state index in [-0.39, 0.29) is 12.8 Å². The fraction of sp³-hybridized carbons (Fsp3) is 0.722. The van der Waals surface area contributed by atoms with Crippen LogP contribution in [0, 0.1) is 0 Å². The van der Waals surface area contributed by atoms with Gasteiger partial charge in [-0.25, -0.2) is 4.79 Å². The van der Waals surface area contributed by atoms with Gasteiger partial charge in [0.15, 0.2) is 0 Å². The number of primary amides is 1. The number of hydrogen-bond donors (Lipinski definition) is 5. The number of amides is 4. The van der Waals surface area contributed by atoms with Gasteiger partial charge >= 0.3 is 5.97 Å². The Kier molecular flexibility index (Phi) is 10.6. The Morgan fingerprint density at radius 3 is 2.40 bits per heavy atom. The van der Waals surface area contributed by atoms with Crippen LogP contribution >= 0.6 is 11.8 Å². The molecule has 4 unspecified atom stereocenters. The second-order valence-corrected chi connectivity index (χ2v) is 8.20. The van der Waals surface area contributed by atoms with Gasteiger partial charge in [-0.3, -0.25) is 19.2 Å². The smallest absolute Gasteiger partial charge is 0.326 e. The van der Waals surface area contributed by atoms with E-state index in [1.54, 1.807) is 0 Å². The highest BCUT2D eigenvalue weighted by Gasteiger charge is 2.37. The topological polar surface area (TPSA) is 185 Å². The Morgan fingerprint density at radius 1 is 1.17 bits per heavy atom. The van der Waals surface area contributed by atoms with Gasteiger partial charge in [0.1, 0.15) is 18.1 Å². The number of nitrogens with two attached hydrogens (primary N) is 2. The predicted octanol–water partition coefficient (Wildman–Crippen LogP) is -1.60. The number of thioether (sulfide) groups is 1. The summed E-state index contributed by atoms with van der Waals surface area (Å²) < 4.78 is 0. The first-order chi connectivity index (χ1) is 14.1. The number of carbonyl (C=O) groups excluding carboxylic acids is 4. The van der Waals surface area contributed by atoms with Gasteiger partial charge in [0.2, 0.25) is 23.6 Å². The van der Waals surface area contributed by atoms with Crippen molar-refractivity contribution in [3.8, 4) is 0 Å². The van der Waals surface area contributed by atoms with Crippen LogP contribution in [-0.2, 0) is 24.0 Å². The number of carboxylic acid groups (broad SMARTS) is 1. The fourth-order valence-corrected chi connectivity index (χ4v) is 3.61. The molecule has 0 spiro atoms. The van der Waals surface area contributed by atoms with Gasteiger partial charge in [0.05, 0.1) is 6.04 Å². The third-order valence-electron chi connectivity index (χ3n) is 4.83. The molecule has 1 rings (SSSR count). The maximum absolute atomic E-state index is 12.7. The largest absolute Gasteiger partial charge is 0.480 e. The molecule has 1 aliphatic heterocycles. The predicted molar refractivity (Wildman–Crippen MR) is 111 cm³/mol. The number of hydrogen-bond acceptors (Lipinski definition) is 7. The Hall–Kier alpha value is -2.34. The highest BCUT2D eigenvalue weighted by Crippen LogP contribution is 2.18. The lowest BCUT2D eigenvalue weighted by molar-refractivity contribution is -0.149. The van der Waals surface area contributed by atoms with Crippen molar-refractivity contribution in [3.63, 3.8) is 0 Å². The molecular weight excluding hydrogens is 414 g/mol. The van der Waals surface area contributed by atoms with Crippen LogP contribution < -0.4 is 22.1 Å². The van der Waals surface area contributed by atoms with E-state index in [1.807, 2.05) is 6.26 Å². The zero-order valence-electron chi connectivity index (χ0n) is 17.3. The van der Waals surface area contributed by atoms with Crippen LogP contribution in [0.5, 0.6) is 0 Å². The van der Waals surface area contributed by atoms with Crippen LogP contribution in [0.15, 0.2) is 0 Å². The summed E-state index contributed by atoms with van der Waals surface area (Å²) in [6.45, 7) is 1.73. The van der Waals surface area contributed by atoms with E-state index in [0.717, 1.165) is 0 Å². The number of carbonyl (C=O) groups is 5. The summed E-state index contributed by atoms with van der Waals surface area (Å²) in [6, 6.07) is -3.84. The van der Waals surface area contributed by atoms with Gasteiger partial charge in [-0.1, -0.05) is 0 Å². The van der Waals surface area contributed by atoms with E-state index in [0.29, 0.717) is 31.6 Å². The van der Waals surface area contributed by atoms with Crippen LogP contribution in [0.2, 0.25) is 0 Å². The third kappa shape index (κ3) is 7.82. The first-order valence-corrected chi connectivity index (χ1v) is 11.1. The van der Waals surface area contributed by atoms with E-state index < -0.39 is 53.8 Å². The van der Waals surface area contributed by atoms with E-state index in [4.69, 9.17) is 11.5 Å². The van der Waals surface area contributed by atoms with Gasteiger partial charge in [-0.2, -0.15) is 11.8 Å². The maximum atomic E-state index is 12.7. The van der Waals surface area contributed by atoms with Gasteiger partial charge in [0.25, 0.3) is 0 Å². The van der Waals surface area contributed by atoms with E-state index in [2.05, 4.69) is 10.6 Å². The second-order valence-electron chi connectivity index (χ2n) is 7.21. The molecule has 30 heavy (non-hydrogen) atoms. The summed E-state index contributed by atoms with van der Waals surface area (Å²) in [5.74, 6) is -2.81. The highest BCUT2D eigenvalue weighted by molar-refractivity contribution is 7.98. The van der Waals surface area contributed by atoms with Crippen molar-refractivity contribution in [2.24, 2.45) is 11.5 Å². The van der Waals surface area contributed by atoms with E-state index >= 15 is 0 Å². The first kappa shape index (κ1) is 25.7. The van der Waals surface area contributed by atoms with Gasteiger partial charge in [0, 0.05) is 13.0 Å². The first-order valence-electron chi connectivity index (χ1n) is 9.75. The number of likely N-dealkylation sites (tertiary alicyclic amines) is 1. The lowest BCUT2D eigenvalue weighted by Gasteiger charge is -2.27. The molecule has 4 amide bonds. The maximum Gasteiger partial charge on any atom is 0.326 e. The SMILES string of the molecule is CSCCC(N)C(=O)NC(CCC(N)=O)C(=O)NC(C)C(=O)N1CCCC1C(=O)O.